The third kappa shape index (κ3) is 4.34. The summed E-state index contributed by atoms with van der Waals surface area (Å²) in [5.41, 5.74) is 4.59. The smallest absolute Gasteiger partial charge is 0.315 e. The van der Waals surface area contributed by atoms with E-state index in [1.165, 1.54) is 6.20 Å². The SMILES string of the molecule is CC1(C(=O)O)C=CC=NC1.NC(=O)c1cccnc1. The third-order valence-electron chi connectivity index (χ3n) is 2.51. The van der Waals surface area contributed by atoms with Gasteiger partial charge >= 0.3 is 5.97 Å². The summed E-state index contributed by atoms with van der Waals surface area (Å²) in [6.45, 7) is 2.00. The van der Waals surface area contributed by atoms with Crippen LogP contribution in [0.25, 0.3) is 0 Å². The van der Waals surface area contributed by atoms with Crippen molar-refractivity contribution in [1.29, 1.82) is 0 Å². The van der Waals surface area contributed by atoms with Crippen LogP contribution in [-0.4, -0.2) is 34.7 Å². The number of aromatic nitrogens is 1. The highest BCUT2D eigenvalue weighted by molar-refractivity contribution is 5.92. The first kappa shape index (κ1) is 14.6. The highest BCUT2D eigenvalue weighted by Gasteiger charge is 2.30. The molecule has 2 heterocycles. The summed E-state index contributed by atoms with van der Waals surface area (Å²) in [4.78, 5) is 28.5. The van der Waals surface area contributed by atoms with Crippen LogP contribution in [-0.2, 0) is 4.79 Å². The minimum absolute atomic E-state index is 0.346. The molecule has 6 heteroatoms. The molecule has 19 heavy (non-hydrogen) atoms. The summed E-state index contributed by atoms with van der Waals surface area (Å²) < 4.78 is 0. The molecule has 1 amide bonds. The van der Waals surface area contributed by atoms with Crippen LogP contribution in [0.1, 0.15) is 17.3 Å². The van der Waals surface area contributed by atoms with E-state index in [-0.39, 0.29) is 0 Å². The van der Waals surface area contributed by atoms with Gasteiger partial charge in [0.25, 0.3) is 0 Å². The number of hydrogen-bond donors (Lipinski definition) is 2. The van der Waals surface area contributed by atoms with Crippen molar-refractivity contribution in [3.63, 3.8) is 0 Å². The molecule has 1 aromatic heterocycles. The number of aliphatic carboxylic acids is 1. The van der Waals surface area contributed by atoms with Crippen molar-refractivity contribution in [1.82, 2.24) is 4.98 Å². The number of carbonyl (C=O) groups is 2. The maximum Gasteiger partial charge on any atom is 0.315 e. The number of carboxylic acids is 1. The lowest BCUT2D eigenvalue weighted by atomic mass is 9.89. The van der Waals surface area contributed by atoms with Crippen molar-refractivity contribution in [3.05, 3.63) is 42.2 Å². The average Bonchev–Trinajstić information content (AvgIpc) is 2.41. The molecule has 2 rings (SSSR count). The Morgan fingerprint density at radius 2 is 2.21 bits per heavy atom. The summed E-state index contributed by atoms with van der Waals surface area (Å²) in [6.07, 6.45) is 7.96. The van der Waals surface area contributed by atoms with Crippen LogP contribution in [0.3, 0.4) is 0 Å². The van der Waals surface area contributed by atoms with Gasteiger partial charge in [-0.1, -0.05) is 6.08 Å². The van der Waals surface area contributed by atoms with E-state index in [2.05, 4.69) is 9.98 Å². The van der Waals surface area contributed by atoms with Crippen molar-refractivity contribution in [2.75, 3.05) is 6.54 Å². The summed E-state index contributed by atoms with van der Waals surface area (Å²) in [6, 6.07) is 3.29. The van der Waals surface area contributed by atoms with Crippen LogP contribution < -0.4 is 5.73 Å². The Balaban J connectivity index is 0.000000191. The molecular weight excluding hydrogens is 246 g/mol. The molecule has 1 atom stereocenters. The van der Waals surface area contributed by atoms with E-state index in [9.17, 15) is 9.59 Å². The number of amides is 1. The van der Waals surface area contributed by atoms with Crippen molar-refractivity contribution in [3.8, 4) is 0 Å². The van der Waals surface area contributed by atoms with Gasteiger partial charge in [-0.05, 0) is 25.1 Å². The standard InChI is InChI=1S/C7H9NO2.C6H6N2O/c1-7(6(9)10)3-2-4-8-5-7;7-6(9)5-2-1-3-8-4-5/h2-4H,5H2,1H3,(H,9,10);1-4H,(H2,7,9). The molecule has 1 aliphatic heterocycles. The molecule has 3 N–H and O–H groups in total. The summed E-state index contributed by atoms with van der Waals surface area (Å²) in [7, 11) is 0. The van der Waals surface area contributed by atoms with E-state index in [1.54, 1.807) is 43.6 Å². The lowest BCUT2D eigenvalue weighted by Gasteiger charge is -2.19. The molecule has 0 aliphatic carbocycles. The van der Waals surface area contributed by atoms with Crippen LogP contribution in [0.15, 0.2) is 41.7 Å². The number of nitrogens with two attached hydrogens (primary N) is 1. The van der Waals surface area contributed by atoms with Crippen molar-refractivity contribution < 1.29 is 14.7 Å². The lowest BCUT2D eigenvalue weighted by Crippen LogP contribution is -2.29. The minimum Gasteiger partial charge on any atom is -0.481 e. The van der Waals surface area contributed by atoms with E-state index in [4.69, 9.17) is 10.8 Å². The van der Waals surface area contributed by atoms with E-state index in [0.29, 0.717) is 12.1 Å². The van der Waals surface area contributed by atoms with Crippen LogP contribution in [0, 0.1) is 5.41 Å². The highest BCUT2D eigenvalue weighted by atomic mass is 16.4. The van der Waals surface area contributed by atoms with Gasteiger partial charge in [-0.3, -0.25) is 19.6 Å². The van der Waals surface area contributed by atoms with Gasteiger partial charge in [0.2, 0.25) is 5.91 Å². The van der Waals surface area contributed by atoms with Crippen molar-refractivity contribution in [2.24, 2.45) is 16.1 Å². The Labute approximate surface area is 110 Å². The Bertz CT molecular complexity index is 511. The van der Waals surface area contributed by atoms with Gasteiger partial charge in [-0.25, -0.2) is 0 Å². The second kappa shape index (κ2) is 6.44. The summed E-state index contributed by atoms with van der Waals surface area (Å²) >= 11 is 0. The number of rotatable bonds is 2. The van der Waals surface area contributed by atoms with Gasteiger partial charge in [-0.15, -0.1) is 0 Å². The monoisotopic (exact) mass is 261 g/mol. The number of allylic oxidation sites excluding steroid dienone is 1. The van der Waals surface area contributed by atoms with E-state index in [1.807, 2.05) is 0 Å². The van der Waals surface area contributed by atoms with Gasteiger partial charge in [0.1, 0.15) is 5.41 Å². The van der Waals surface area contributed by atoms with Gasteiger partial charge in [0.15, 0.2) is 0 Å². The zero-order valence-electron chi connectivity index (χ0n) is 10.5. The van der Waals surface area contributed by atoms with Gasteiger partial charge in [0.05, 0.1) is 12.1 Å². The molecule has 0 spiro atoms. The molecule has 6 nitrogen and oxygen atoms in total. The maximum absolute atomic E-state index is 10.6. The zero-order valence-corrected chi connectivity index (χ0v) is 10.5. The van der Waals surface area contributed by atoms with E-state index < -0.39 is 17.3 Å². The average molecular weight is 261 g/mol. The zero-order chi connectivity index (χ0) is 14.3. The fourth-order valence-electron chi connectivity index (χ4n) is 1.26. The Morgan fingerprint density at radius 1 is 1.47 bits per heavy atom. The van der Waals surface area contributed by atoms with Crippen LogP contribution in [0.4, 0.5) is 0 Å². The molecule has 1 aromatic rings. The van der Waals surface area contributed by atoms with E-state index >= 15 is 0 Å². The summed E-state index contributed by atoms with van der Waals surface area (Å²) in [5.74, 6) is -1.26. The number of carbonyl (C=O) groups excluding carboxylic acids is 1. The largest absolute Gasteiger partial charge is 0.481 e. The normalized spacial score (nSPS) is 20.3. The quantitative estimate of drug-likeness (QED) is 0.824. The van der Waals surface area contributed by atoms with Crippen LogP contribution in [0.2, 0.25) is 0 Å². The first-order valence-corrected chi connectivity index (χ1v) is 5.56. The number of aliphatic imine (C=N–C) groups is 1. The minimum atomic E-state index is -0.819. The second-order valence-corrected chi connectivity index (χ2v) is 4.18. The number of primary amides is 1. The number of nitrogens with zero attached hydrogens (tertiary/aromatic N) is 2. The first-order valence-electron chi connectivity index (χ1n) is 5.56. The fraction of sp³-hybridized carbons (Fsp3) is 0.231. The molecule has 0 saturated heterocycles. The number of carboxylic acid groups (broad SMARTS) is 1. The molecule has 0 bridgehead atoms. The number of dihydropyridines is 1. The van der Waals surface area contributed by atoms with Crippen molar-refractivity contribution >= 4 is 18.1 Å². The Hall–Kier alpha value is -2.50. The van der Waals surface area contributed by atoms with Crippen LogP contribution in [0.5, 0.6) is 0 Å². The topological polar surface area (TPSA) is 106 Å². The maximum atomic E-state index is 10.6. The lowest BCUT2D eigenvalue weighted by molar-refractivity contribution is -0.144. The first-order chi connectivity index (χ1) is 8.96. The predicted octanol–water partition coefficient (Wildman–Crippen LogP) is 0.898. The van der Waals surface area contributed by atoms with Crippen molar-refractivity contribution in [2.45, 2.75) is 6.92 Å². The molecule has 0 aromatic carbocycles. The Morgan fingerprint density at radius 3 is 2.53 bits per heavy atom. The molecular formula is C13H15N3O3. The molecule has 1 unspecified atom stereocenters. The molecule has 100 valence electrons. The van der Waals surface area contributed by atoms with Gasteiger partial charge in [0, 0.05) is 18.6 Å². The Kier molecular flexibility index (Phi) is 4.93. The second-order valence-electron chi connectivity index (χ2n) is 4.18. The molecule has 0 saturated carbocycles. The summed E-state index contributed by atoms with van der Waals surface area (Å²) in [5, 5.41) is 8.67. The third-order valence-corrected chi connectivity index (χ3v) is 2.51. The van der Waals surface area contributed by atoms with Gasteiger partial charge < -0.3 is 10.8 Å². The molecule has 0 radical (unpaired) electrons. The number of hydrogen-bond acceptors (Lipinski definition) is 4. The molecule has 1 aliphatic rings. The fourth-order valence-corrected chi connectivity index (χ4v) is 1.26. The van der Waals surface area contributed by atoms with Gasteiger partial charge in [-0.2, -0.15) is 0 Å². The highest BCUT2D eigenvalue weighted by Crippen LogP contribution is 2.20. The van der Waals surface area contributed by atoms with E-state index in [0.717, 1.165) is 0 Å². The molecule has 0 fully saturated rings. The number of pyridine rings is 1. The predicted molar refractivity (Wildman–Crippen MR) is 71.0 cm³/mol. The van der Waals surface area contributed by atoms with Crippen LogP contribution >= 0.6 is 0 Å².